The molecule has 0 bridgehead atoms. The van der Waals surface area contributed by atoms with E-state index in [2.05, 4.69) is 5.32 Å². The number of rotatable bonds is 4. The Morgan fingerprint density at radius 1 is 1.48 bits per heavy atom. The Kier molecular flexibility index (Phi) is 5.32. The number of sulfonamides is 1. The van der Waals surface area contributed by atoms with E-state index in [0.29, 0.717) is 26.1 Å². The maximum atomic E-state index is 14.0. The van der Waals surface area contributed by atoms with Crippen LogP contribution in [-0.2, 0) is 21.3 Å². The number of nitrogens with zero attached hydrogens (tertiary/aromatic N) is 1. The highest BCUT2D eigenvalue weighted by atomic mass is 32.2. The van der Waals surface area contributed by atoms with Gasteiger partial charge in [-0.25, -0.2) is 12.8 Å². The normalized spacial score (nSPS) is 21.2. The lowest BCUT2D eigenvalue weighted by Gasteiger charge is -2.22. The molecule has 0 aliphatic carbocycles. The molecule has 7 heteroatoms. The molecular weight excluding hydrogens is 295 g/mol. The van der Waals surface area contributed by atoms with E-state index < -0.39 is 15.8 Å². The van der Waals surface area contributed by atoms with Crippen LogP contribution in [-0.4, -0.2) is 45.6 Å². The van der Waals surface area contributed by atoms with Crippen LogP contribution < -0.4 is 5.32 Å². The minimum atomic E-state index is -3.84. The zero-order valence-corrected chi connectivity index (χ0v) is 13.1. The summed E-state index contributed by atoms with van der Waals surface area (Å²) in [6.45, 7) is 3.43. The second-order valence-corrected chi connectivity index (χ2v) is 7.10. The Hall–Kier alpha value is -1.02. The molecule has 1 N–H and O–H groups in total. The van der Waals surface area contributed by atoms with Crippen molar-refractivity contribution >= 4 is 10.0 Å². The molecule has 1 aromatic carbocycles. The predicted octanol–water partition coefficient (Wildman–Crippen LogP) is 1.34. The average molecular weight is 316 g/mol. The Morgan fingerprint density at radius 3 is 2.95 bits per heavy atom. The van der Waals surface area contributed by atoms with Crippen molar-refractivity contribution in [3.63, 3.8) is 0 Å². The molecule has 21 heavy (non-hydrogen) atoms. The van der Waals surface area contributed by atoms with Gasteiger partial charge in [-0.2, -0.15) is 4.31 Å². The summed E-state index contributed by atoms with van der Waals surface area (Å²) in [5.41, 5.74) is 0.733. The zero-order valence-electron chi connectivity index (χ0n) is 12.3. The van der Waals surface area contributed by atoms with Gasteiger partial charge in [0.05, 0.1) is 6.10 Å². The Morgan fingerprint density at radius 2 is 2.24 bits per heavy atom. The number of ether oxygens (including phenoxy) is 1. The predicted molar refractivity (Wildman–Crippen MR) is 78.0 cm³/mol. The first kappa shape index (κ1) is 16.4. The van der Waals surface area contributed by atoms with E-state index in [-0.39, 0.29) is 17.5 Å². The minimum Gasteiger partial charge on any atom is -0.377 e. The molecule has 1 aliphatic rings. The molecular formula is C14H21FN2O3S. The Labute approximate surface area is 125 Å². The lowest BCUT2D eigenvalue weighted by atomic mass is 10.2. The van der Waals surface area contributed by atoms with Crippen molar-refractivity contribution < 1.29 is 17.5 Å². The smallest absolute Gasteiger partial charge is 0.246 e. The van der Waals surface area contributed by atoms with Crippen LogP contribution in [0.25, 0.3) is 0 Å². The van der Waals surface area contributed by atoms with Crippen molar-refractivity contribution in [3.8, 4) is 0 Å². The van der Waals surface area contributed by atoms with Gasteiger partial charge in [-0.3, -0.25) is 0 Å². The van der Waals surface area contributed by atoms with Gasteiger partial charge in [0.2, 0.25) is 10.0 Å². The van der Waals surface area contributed by atoms with Gasteiger partial charge >= 0.3 is 0 Å². The standard InChI is InChI=1S/C14H21FN2O3S/c1-11-10-17(6-3-7-20-11)21(18,19)14-8-12(9-16-2)4-5-13(14)15/h4-5,8,11,16H,3,6-7,9-10H2,1-2H3. The maximum Gasteiger partial charge on any atom is 0.246 e. The molecule has 0 saturated carbocycles. The highest BCUT2D eigenvalue weighted by molar-refractivity contribution is 7.89. The van der Waals surface area contributed by atoms with Gasteiger partial charge in [0.25, 0.3) is 0 Å². The summed E-state index contributed by atoms with van der Waals surface area (Å²) in [6, 6.07) is 4.19. The highest BCUT2D eigenvalue weighted by Gasteiger charge is 2.30. The van der Waals surface area contributed by atoms with Crippen molar-refractivity contribution in [1.29, 1.82) is 0 Å². The third-order valence-corrected chi connectivity index (χ3v) is 5.29. The lowest BCUT2D eigenvalue weighted by molar-refractivity contribution is 0.0752. The molecule has 1 atom stereocenters. The molecule has 5 nitrogen and oxygen atoms in total. The van der Waals surface area contributed by atoms with E-state index in [9.17, 15) is 12.8 Å². The quantitative estimate of drug-likeness (QED) is 0.911. The monoisotopic (exact) mass is 316 g/mol. The van der Waals surface area contributed by atoms with Gasteiger partial charge < -0.3 is 10.1 Å². The number of nitrogens with one attached hydrogen (secondary N) is 1. The van der Waals surface area contributed by atoms with E-state index in [1.807, 2.05) is 6.92 Å². The van der Waals surface area contributed by atoms with Crippen LogP contribution in [0.1, 0.15) is 18.9 Å². The van der Waals surface area contributed by atoms with Gasteiger partial charge in [-0.1, -0.05) is 6.07 Å². The van der Waals surface area contributed by atoms with Gasteiger partial charge in [-0.15, -0.1) is 0 Å². The van der Waals surface area contributed by atoms with E-state index in [1.165, 1.54) is 16.4 Å². The average Bonchev–Trinajstić information content (AvgIpc) is 2.66. The first-order chi connectivity index (χ1) is 9.95. The Balaban J connectivity index is 2.35. The molecule has 1 aliphatic heterocycles. The summed E-state index contributed by atoms with van der Waals surface area (Å²) in [4.78, 5) is -0.260. The molecule has 1 aromatic rings. The largest absolute Gasteiger partial charge is 0.377 e. The van der Waals surface area contributed by atoms with Crippen molar-refractivity contribution in [2.45, 2.75) is 30.9 Å². The molecule has 0 spiro atoms. The maximum absolute atomic E-state index is 14.0. The fourth-order valence-electron chi connectivity index (χ4n) is 2.37. The molecule has 118 valence electrons. The number of hydrogen-bond donors (Lipinski definition) is 1. The van der Waals surface area contributed by atoms with Crippen LogP contribution in [0.15, 0.2) is 23.1 Å². The fraction of sp³-hybridized carbons (Fsp3) is 0.571. The molecule has 0 radical (unpaired) electrons. The molecule has 0 amide bonds. The van der Waals surface area contributed by atoms with E-state index >= 15 is 0 Å². The summed E-state index contributed by atoms with van der Waals surface area (Å²) in [5, 5.41) is 2.93. The molecule has 1 heterocycles. The fourth-order valence-corrected chi connectivity index (χ4v) is 4.04. The second kappa shape index (κ2) is 6.83. The number of hydrogen-bond acceptors (Lipinski definition) is 4. The number of benzene rings is 1. The van der Waals surface area contributed by atoms with Gasteiger partial charge in [0.1, 0.15) is 10.7 Å². The molecule has 1 saturated heterocycles. The molecule has 0 aromatic heterocycles. The van der Waals surface area contributed by atoms with E-state index in [1.54, 1.807) is 13.1 Å². The second-order valence-electron chi connectivity index (χ2n) is 5.19. The third kappa shape index (κ3) is 3.79. The van der Waals surface area contributed by atoms with Crippen LogP contribution in [0, 0.1) is 5.82 Å². The SMILES string of the molecule is CNCc1ccc(F)c(S(=O)(=O)N2CCCOC(C)C2)c1. The summed E-state index contributed by atoms with van der Waals surface area (Å²) in [6.07, 6.45) is 0.423. The summed E-state index contributed by atoms with van der Waals surface area (Å²) in [5.74, 6) is -0.715. The van der Waals surface area contributed by atoms with Crippen LogP contribution >= 0.6 is 0 Å². The number of halogens is 1. The van der Waals surface area contributed by atoms with Crippen molar-refractivity contribution in [2.24, 2.45) is 0 Å². The van der Waals surface area contributed by atoms with Crippen molar-refractivity contribution in [2.75, 3.05) is 26.7 Å². The van der Waals surface area contributed by atoms with Crippen molar-refractivity contribution in [3.05, 3.63) is 29.6 Å². The summed E-state index contributed by atoms with van der Waals surface area (Å²) >= 11 is 0. The van der Waals surface area contributed by atoms with Gasteiger partial charge in [0, 0.05) is 26.2 Å². The minimum absolute atomic E-state index is 0.189. The molecule has 2 rings (SSSR count). The molecule has 1 fully saturated rings. The lowest BCUT2D eigenvalue weighted by Crippen LogP contribution is -2.36. The zero-order chi connectivity index (χ0) is 15.5. The highest BCUT2D eigenvalue weighted by Crippen LogP contribution is 2.22. The first-order valence-corrected chi connectivity index (χ1v) is 8.44. The summed E-state index contributed by atoms with van der Waals surface area (Å²) < 4.78 is 46.1. The van der Waals surface area contributed by atoms with Crippen LogP contribution in [0.2, 0.25) is 0 Å². The van der Waals surface area contributed by atoms with E-state index in [0.717, 1.165) is 5.56 Å². The summed E-state index contributed by atoms with van der Waals surface area (Å²) in [7, 11) is -2.08. The first-order valence-electron chi connectivity index (χ1n) is 7.00. The topological polar surface area (TPSA) is 58.6 Å². The molecule has 1 unspecified atom stereocenters. The van der Waals surface area contributed by atoms with Crippen molar-refractivity contribution in [1.82, 2.24) is 9.62 Å². The van der Waals surface area contributed by atoms with Crippen LogP contribution in [0.3, 0.4) is 0 Å². The van der Waals surface area contributed by atoms with Gasteiger partial charge in [0.15, 0.2) is 0 Å². The third-order valence-electron chi connectivity index (χ3n) is 3.41. The van der Waals surface area contributed by atoms with E-state index in [4.69, 9.17) is 4.74 Å². The Bertz CT molecular complexity index is 592. The van der Waals surface area contributed by atoms with Crippen LogP contribution in [0.4, 0.5) is 4.39 Å². The van der Waals surface area contributed by atoms with Gasteiger partial charge in [-0.05, 0) is 38.1 Å². The van der Waals surface area contributed by atoms with Crippen LogP contribution in [0.5, 0.6) is 0 Å².